The van der Waals surface area contributed by atoms with Crippen molar-refractivity contribution in [3.8, 4) is 5.69 Å². The molecule has 0 radical (unpaired) electrons. The Morgan fingerprint density at radius 1 is 1.10 bits per heavy atom. The summed E-state index contributed by atoms with van der Waals surface area (Å²) in [6.45, 7) is 7.08. The Kier molecular flexibility index (Phi) is 5.92. The number of thioether (sulfide) groups is 1. The van der Waals surface area contributed by atoms with E-state index in [1.54, 1.807) is 10.6 Å². The molecule has 0 aliphatic carbocycles. The van der Waals surface area contributed by atoms with Crippen molar-refractivity contribution in [1.29, 1.82) is 0 Å². The lowest BCUT2D eigenvalue weighted by molar-refractivity contribution is -0.140. The minimum absolute atomic E-state index is 0.0200. The molecule has 0 unspecified atom stereocenters. The molecular formula is C23H25N3O3S. The molecule has 7 heteroatoms. The number of benzene rings is 2. The lowest BCUT2D eigenvalue weighted by atomic mass is 10.2. The third-order valence-corrected chi connectivity index (χ3v) is 6.12. The fourth-order valence-electron chi connectivity index (χ4n) is 3.84. The molecule has 156 valence electrons. The maximum absolute atomic E-state index is 13.3. The zero-order chi connectivity index (χ0) is 21.3. The van der Waals surface area contributed by atoms with Gasteiger partial charge >= 0.3 is 0 Å². The van der Waals surface area contributed by atoms with Gasteiger partial charge in [0.1, 0.15) is 0 Å². The van der Waals surface area contributed by atoms with Crippen LogP contribution in [0.4, 0.5) is 0 Å². The number of nitrogens with zero attached hydrogens (tertiary/aromatic N) is 3. The van der Waals surface area contributed by atoms with Crippen LogP contribution < -0.4 is 5.56 Å². The Morgan fingerprint density at radius 2 is 1.77 bits per heavy atom. The van der Waals surface area contributed by atoms with Gasteiger partial charge in [-0.1, -0.05) is 42.1 Å². The number of amides is 1. The van der Waals surface area contributed by atoms with Gasteiger partial charge in [0.05, 0.1) is 34.6 Å². The Labute approximate surface area is 179 Å². The molecule has 3 aromatic rings. The van der Waals surface area contributed by atoms with Crippen LogP contribution in [0.3, 0.4) is 0 Å². The molecule has 0 spiro atoms. The number of aryl methyl sites for hydroxylation is 1. The zero-order valence-corrected chi connectivity index (χ0v) is 18.2. The van der Waals surface area contributed by atoms with Crippen LogP contribution in [0.15, 0.2) is 58.5 Å². The molecule has 6 nitrogen and oxygen atoms in total. The average molecular weight is 424 g/mol. The summed E-state index contributed by atoms with van der Waals surface area (Å²) in [4.78, 5) is 32.8. The van der Waals surface area contributed by atoms with Gasteiger partial charge in [-0.3, -0.25) is 14.2 Å². The number of para-hydroxylation sites is 2. The number of hydrogen-bond acceptors (Lipinski definition) is 5. The highest BCUT2D eigenvalue weighted by Gasteiger charge is 2.26. The van der Waals surface area contributed by atoms with Crippen molar-refractivity contribution >= 4 is 28.6 Å². The first kappa shape index (κ1) is 20.6. The summed E-state index contributed by atoms with van der Waals surface area (Å²) in [6, 6.07) is 15.0. The van der Waals surface area contributed by atoms with E-state index in [0.717, 1.165) is 11.3 Å². The molecule has 2 atom stereocenters. The highest BCUT2D eigenvalue weighted by molar-refractivity contribution is 7.99. The van der Waals surface area contributed by atoms with Gasteiger partial charge in [0, 0.05) is 13.1 Å². The van der Waals surface area contributed by atoms with E-state index < -0.39 is 0 Å². The van der Waals surface area contributed by atoms with E-state index in [2.05, 4.69) is 0 Å². The lowest BCUT2D eigenvalue weighted by Crippen LogP contribution is -2.48. The number of fused-ring (bicyclic) bond motifs is 1. The van der Waals surface area contributed by atoms with Crippen LogP contribution >= 0.6 is 11.8 Å². The van der Waals surface area contributed by atoms with Gasteiger partial charge in [0.25, 0.3) is 5.56 Å². The topological polar surface area (TPSA) is 64.4 Å². The minimum Gasteiger partial charge on any atom is -0.372 e. The maximum Gasteiger partial charge on any atom is 0.266 e. The van der Waals surface area contributed by atoms with Crippen LogP contribution in [0.2, 0.25) is 0 Å². The summed E-state index contributed by atoms with van der Waals surface area (Å²) in [5.74, 6) is 0.247. The van der Waals surface area contributed by atoms with Crippen molar-refractivity contribution in [1.82, 2.24) is 14.5 Å². The number of hydrogen-bond donors (Lipinski definition) is 0. The number of carbonyl (C=O) groups is 1. The second kappa shape index (κ2) is 8.62. The van der Waals surface area contributed by atoms with E-state index >= 15 is 0 Å². The van der Waals surface area contributed by atoms with Gasteiger partial charge in [-0.05, 0) is 44.5 Å². The molecule has 1 amide bonds. The molecule has 1 aromatic heterocycles. The number of carbonyl (C=O) groups excluding carboxylic acids is 1. The molecule has 1 aliphatic heterocycles. The van der Waals surface area contributed by atoms with Crippen molar-refractivity contribution < 1.29 is 9.53 Å². The van der Waals surface area contributed by atoms with Crippen molar-refractivity contribution in [3.05, 3.63) is 64.4 Å². The monoisotopic (exact) mass is 423 g/mol. The first-order valence-corrected chi connectivity index (χ1v) is 11.1. The Balaban J connectivity index is 1.69. The number of ether oxygens (including phenoxy) is 1. The van der Waals surface area contributed by atoms with E-state index in [4.69, 9.17) is 9.72 Å². The van der Waals surface area contributed by atoms with Crippen molar-refractivity contribution in [2.45, 2.75) is 38.1 Å². The quantitative estimate of drug-likeness (QED) is 0.475. The van der Waals surface area contributed by atoms with Crippen molar-refractivity contribution in [2.24, 2.45) is 0 Å². The largest absolute Gasteiger partial charge is 0.372 e. The molecule has 2 aromatic carbocycles. The third-order valence-electron chi connectivity index (χ3n) is 5.20. The van der Waals surface area contributed by atoms with Crippen LogP contribution in [-0.4, -0.2) is 51.4 Å². The van der Waals surface area contributed by atoms with Gasteiger partial charge in [-0.25, -0.2) is 4.98 Å². The molecule has 30 heavy (non-hydrogen) atoms. The highest BCUT2D eigenvalue weighted by Crippen LogP contribution is 2.24. The van der Waals surface area contributed by atoms with E-state index in [1.165, 1.54) is 11.8 Å². The Hall–Kier alpha value is -2.64. The molecule has 4 rings (SSSR count). The molecule has 0 bridgehead atoms. The Bertz CT molecular complexity index is 1130. The maximum atomic E-state index is 13.3. The number of aromatic nitrogens is 2. The van der Waals surface area contributed by atoms with Crippen molar-refractivity contribution in [2.75, 3.05) is 18.8 Å². The van der Waals surface area contributed by atoms with Gasteiger partial charge in [-0.15, -0.1) is 0 Å². The third kappa shape index (κ3) is 4.13. The van der Waals surface area contributed by atoms with Gasteiger partial charge in [0.15, 0.2) is 5.16 Å². The molecule has 0 saturated carbocycles. The molecule has 0 N–H and O–H groups in total. The minimum atomic E-state index is -0.126. The second-order valence-electron chi connectivity index (χ2n) is 7.68. The Morgan fingerprint density at radius 3 is 2.50 bits per heavy atom. The molecule has 2 heterocycles. The second-order valence-corrected chi connectivity index (χ2v) is 8.63. The summed E-state index contributed by atoms with van der Waals surface area (Å²) in [5.41, 5.74) is 2.26. The van der Waals surface area contributed by atoms with Crippen molar-refractivity contribution in [3.63, 3.8) is 0 Å². The van der Waals surface area contributed by atoms with Gasteiger partial charge in [-0.2, -0.15) is 0 Å². The van der Waals surface area contributed by atoms with Gasteiger partial charge < -0.3 is 9.64 Å². The molecular weight excluding hydrogens is 398 g/mol. The normalized spacial score (nSPS) is 19.2. The number of morpholine rings is 1. The lowest BCUT2D eigenvalue weighted by Gasteiger charge is -2.35. The summed E-state index contributed by atoms with van der Waals surface area (Å²) in [6.07, 6.45) is 0.0401. The summed E-state index contributed by atoms with van der Waals surface area (Å²) >= 11 is 1.30. The van der Waals surface area contributed by atoms with E-state index in [1.807, 2.05) is 68.1 Å². The average Bonchev–Trinajstić information content (AvgIpc) is 2.72. The first-order chi connectivity index (χ1) is 14.4. The molecule has 1 aliphatic rings. The van der Waals surface area contributed by atoms with E-state index in [0.29, 0.717) is 29.1 Å². The van der Waals surface area contributed by atoms with Crippen LogP contribution in [0, 0.1) is 6.92 Å². The van der Waals surface area contributed by atoms with E-state index in [9.17, 15) is 9.59 Å². The molecule has 1 saturated heterocycles. The summed E-state index contributed by atoms with van der Waals surface area (Å²) < 4.78 is 7.35. The fraction of sp³-hybridized carbons (Fsp3) is 0.348. The summed E-state index contributed by atoms with van der Waals surface area (Å²) in [5, 5.41) is 1.09. The summed E-state index contributed by atoms with van der Waals surface area (Å²) in [7, 11) is 0. The standard InChI is InChI=1S/C23H25N3O3S/c1-15-8-4-7-11-20(15)26-22(28)18-9-5-6-10-19(18)24-23(26)30-14-21(27)25-12-16(2)29-17(3)13-25/h4-11,16-17H,12-14H2,1-3H3/t16-,17-/m1/s1. The zero-order valence-electron chi connectivity index (χ0n) is 17.4. The SMILES string of the molecule is Cc1ccccc1-n1c(SCC(=O)N2C[C@@H](C)O[C@H](C)C2)nc2ccccc2c1=O. The smallest absolute Gasteiger partial charge is 0.266 e. The van der Waals surface area contributed by atoms with Crippen LogP contribution in [-0.2, 0) is 9.53 Å². The van der Waals surface area contributed by atoms with Crippen LogP contribution in [0.25, 0.3) is 16.6 Å². The predicted octanol–water partition coefficient (Wildman–Crippen LogP) is 3.42. The van der Waals surface area contributed by atoms with Crippen LogP contribution in [0.5, 0.6) is 0 Å². The van der Waals surface area contributed by atoms with Gasteiger partial charge in [0.2, 0.25) is 5.91 Å². The van der Waals surface area contributed by atoms with Crippen LogP contribution in [0.1, 0.15) is 19.4 Å². The fourth-order valence-corrected chi connectivity index (χ4v) is 4.74. The highest BCUT2D eigenvalue weighted by atomic mass is 32.2. The van der Waals surface area contributed by atoms with E-state index in [-0.39, 0.29) is 29.4 Å². The number of rotatable bonds is 4. The first-order valence-electron chi connectivity index (χ1n) is 10.1. The predicted molar refractivity (Wildman–Crippen MR) is 119 cm³/mol. The molecule has 1 fully saturated rings.